The zero-order valence-electron chi connectivity index (χ0n) is 14.6. The average molecular weight is 334 g/mol. The Morgan fingerprint density at radius 1 is 1.21 bits per heavy atom. The Morgan fingerprint density at radius 2 is 1.83 bits per heavy atom. The summed E-state index contributed by atoms with van der Waals surface area (Å²) in [5, 5.41) is 2.85. The van der Waals surface area contributed by atoms with Crippen LogP contribution in [-0.4, -0.2) is 48.8 Å². The smallest absolute Gasteiger partial charge is 0.338 e. The highest BCUT2D eigenvalue weighted by atomic mass is 16.5. The van der Waals surface area contributed by atoms with Crippen molar-refractivity contribution in [1.82, 2.24) is 4.90 Å². The Hall–Kier alpha value is -2.08. The van der Waals surface area contributed by atoms with Crippen molar-refractivity contribution in [3.05, 3.63) is 29.8 Å². The van der Waals surface area contributed by atoms with Gasteiger partial charge in [-0.3, -0.25) is 0 Å². The molecule has 1 aromatic carbocycles. The summed E-state index contributed by atoms with van der Waals surface area (Å²) < 4.78 is 10.8. The van der Waals surface area contributed by atoms with Gasteiger partial charge < -0.3 is 19.7 Å². The zero-order valence-corrected chi connectivity index (χ0v) is 14.6. The summed E-state index contributed by atoms with van der Waals surface area (Å²) in [6.07, 6.45) is 1.90. The maximum absolute atomic E-state index is 12.3. The molecule has 2 atom stereocenters. The van der Waals surface area contributed by atoms with Gasteiger partial charge in [-0.1, -0.05) is 13.3 Å². The fraction of sp³-hybridized carbons (Fsp3) is 0.556. The number of anilines is 1. The second-order valence-electron chi connectivity index (χ2n) is 6.16. The Bertz CT molecular complexity index is 549. The largest absolute Gasteiger partial charge is 0.462 e. The van der Waals surface area contributed by atoms with Crippen LogP contribution < -0.4 is 5.32 Å². The molecule has 24 heavy (non-hydrogen) atoms. The Kier molecular flexibility index (Phi) is 6.61. The number of morpholine rings is 1. The quantitative estimate of drug-likeness (QED) is 0.663. The summed E-state index contributed by atoms with van der Waals surface area (Å²) in [4.78, 5) is 25.9. The molecule has 0 unspecified atom stereocenters. The number of benzene rings is 1. The minimum Gasteiger partial charge on any atom is -0.462 e. The fourth-order valence-electron chi connectivity index (χ4n) is 2.63. The van der Waals surface area contributed by atoms with Gasteiger partial charge in [-0.15, -0.1) is 0 Å². The number of ether oxygens (including phenoxy) is 2. The number of amides is 2. The van der Waals surface area contributed by atoms with Crippen LogP contribution in [0, 0.1) is 0 Å². The van der Waals surface area contributed by atoms with Crippen molar-refractivity contribution < 1.29 is 19.1 Å². The number of nitrogens with one attached hydrogen (secondary N) is 1. The lowest BCUT2D eigenvalue weighted by Gasteiger charge is -2.35. The highest BCUT2D eigenvalue weighted by Crippen LogP contribution is 2.15. The molecule has 0 spiro atoms. The molecule has 1 heterocycles. The van der Waals surface area contributed by atoms with Gasteiger partial charge in [0.15, 0.2) is 0 Å². The monoisotopic (exact) mass is 334 g/mol. The van der Waals surface area contributed by atoms with Gasteiger partial charge in [0.2, 0.25) is 0 Å². The Morgan fingerprint density at radius 3 is 2.42 bits per heavy atom. The predicted octanol–water partition coefficient (Wildman–Crippen LogP) is 3.28. The molecule has 1 aromatic rings. The first-order valence-electron chi connectivity index (χ1n) is 8.48. The van der Waals surface area contributed by atoms with Gasteiger partial charge in [-0.05, 0) is 44.5 Å². The molecule has 6 nitrogen and oxygen atoms in total. The first-order chi connectivity index (χ1) is 11.5. The van der Waals surface area contributed by atoms with E-state index in [0.717, 1.165) is 12.8 Å². The van der Waals surface area contributed by atoms with E-state index in [4.69, 9.17) is 9.47 Å². The molecule has 2 rings (SSSR count). The Labute approximate surface area is 143 Å². The number of unbranched alkanes of at least 4 members (excludes halogenated alkanes) is 1. The van der Waals surface area contributed by atoms with Crippen LogP contribution in [0.2, 0.25) is 0 Å². The second kappa shape index (κ2) is 8.68. The van der Waals surface area contributed by atoms with E-state index >= 15 is 0 Å². The highest BCUT2D eigenvalue weighted by molar-refractivity contribution is 5.92. The maximum Gasteiger partial charge on any atom is 0.338 e. The SMILES string of the molecule is CCCCOC(=O)c1ccc(NC(=O)N2C[C@@H](C)O[C@@H](C)C2)cc1. The summed E-state index contributed by atoms with van der Waals surface area (Å²) >= 11 is 0. The molecule has 1 N–H and O–H groups in total. The summed E-state index contributed by atoms with van der Waals surface area (Å²) in [6, 6.07) is 6.59. The van der Waals surface area contributed by atoms with E-state index in [1.165, 1.54) is 0 Å². The van der Waals surface area contributed by atoms with Crippen molar-refractivity contribution in [2.24, 2.45) is 0 Å². The van der Waals surface area contributed by atoms with Crippen LogP contribution >= 0.6 is 0 Å². The molecule has 1 saturated heterocycles. The summed E-state index contributed by atoms with van der Waals surface area (Å²) in [5.41, 5.74) is 1.13. The van der Waals surface area contributed by atoms with Crippen molar-refractivity contribution in [3.8, 4) is 0 Å². The number of hydrogen-bond donors (Lipinski definition) is 1. The van der Waals surface area contributed by atoms with Crippen molar-refractivity contribution in [2.75, 3.05) is 25.0 Å². The molecule has 0 aromatic heterocycles. The average Bonchev–Trinajstić information content (AvgIpc) is 2.54. The van der Waals surface area contributed by atoms with E-state index < -0.39 is 0 Å². The van der Waals surface area contributed by atoms with Gasteiger partial charge in [0, 0.05) is 18.8 Å². The molecule has 2 amide bonds. The molecule has 0 saturated carbocycles. The summed E-state index contributed by atoms with van der Waals surface area (Å²) in [6.45, 7) is 7.52. The predicted molar refractivity (Wildman–Crippen MR) is 92.2 cm³/mol. The van der Waals surface area contributed by atoms with Crippen LogP contribution in [0.5, 0.6) is 0 Å². The van der Waals surface area contributed by atoms with Crippen molar-refractivity contribution in [1.29, 1.82) is 0 Å². The third-order valence-corrected chi connectivity index (χ3v) is 3.81. The van der Waals surface area contributed by atoms with Crippen LogP contribution in [0.25, 0.3) is 0 Å². The lowest BCUT2D eigenvalue weighted by Crippen LogP contribution is -2.49. The van der Waals surface area contributed by atoms with E-state index in [-0.39, 0.29) is 24.2 Å². The molecule has 132 valence electrons. The molecule has 6 heteroatoms. The minimum atomic E-state index is -0.336. The molecule has 1 fully saturated rings. The Balaban J connectivity index is 1.89. The van der Waals surface area contributed by atoms with E-state index in [1.807, 2.05) is 20.8 Å². The molecule has 0 radical (unpaired) electrons. The number of urea groups is 1. The first-order valence-corrected chi connectivity index (χ1v) is 8.48. The van der Waals surface area contributed by atoms with E-state index in [1.54, 1.807) is 29.2 Å². The van der Waals surface area contributed by atoms with Gasteiger partial charge in [0.25, 0.3) is 0 Å². The van der Waals surface area contributed by atoms with Crippen LogP contribution in [0.4, 0.5) is 10.5 Å². The highest BCUT2D eigenvalue weighted by Gasteiger charge is 2.25. The standard InChI is InChI=1S/C18H26N2O4/c1-4-5-10-23-17(21)15-6-8-16(9-7-15)19-18(22)20-11-13(2)24-14(3)12-20/h6-9,13-14H,4-5,10-12H2,1-3H3,(H,19,22)/t13-,14+. The lowest BCUT2D eigenvalue weighted by atomic mass is 10.2. The fourth-order valence-corrected chi connectivity index (χ4v) is 2.63. The third kappa shape index (κ3) is 5.23. The molecule has 1 aliphatic heterocycles. The number of nitrogens with zero attached hydrogens (tertiary/aromatic N) is 1. The summed E-state index contributed by atoms with van der Waals surface area (Å²) in [7, 11) is 0. The van der Waals surface area contributed by atoms with Gasteiger partial charge in [-0.25, -0.2) is 9.59 Å². The van der Waals surface area contributed by atoms with Crippen molar-refractivity contribution in [2.45, 2.75) is 45.8 Å². The topological polar surface area (TPSA) is 67.9 Å². The van der Waals surface area contributed by atoms with E-state index in [0.29, 0.717) is 30.9 Å². The number of carbonyl (C=O) groups is 2. The third-order valence-electron chi connectivity index (χ3n) is 3.81. The number of hydrogen-bond acceptors (Lipinski definition) is 4. The van der Waals surface area contributed by atoms with E-state index in [2.05, 4.69) is 5.32 Å². The normalized spacial score (nSPS) is 20.5. The molecule has 1 aliphatic rings. The number of rotatable bonds is 5. The van der Waals surface area contributed by atoms with Crippen molar-refractivity contribution >= 4 is 17.7 Å². The van der Waals surface area contributed by atoms with Crippen LogP contribution in [-0.2, 0) is 9.47 Å². The van der Waals surface area contributed by atoms with Crippen LogP contribution in [0.1, 0.15) is 44.0 Å². The van der Waals surface area contributed by atoms with Crippen LogP contribution in [0.3, 0.4) is 0 Å². The lowest BCUT2D eigenvalue weighted by molar-refractivity contribution is -0.0530. The molecule has 0 bridgehead atoms. The van der Waals surface area contributed by atoms with Gasteiger partial charge in [0.05, 0.1) is 24.4 Å². The van der Waals surface area contributed by atoms with Gasteiger partial charge in [-0.2, -0.15) is 0 Å². The second-order valence-corrected chi connectivity index (χ2v) is 6.16. The first kappa shape index (κ1) is 18.3. The molecule has 0 aliphatic carbocycles. The van der Waals surface area contributed by atoms with E-state index in [9.17, 15) is 9.59 Å². The van der Waals surface area contributed by atoms with Crippen LogP contribution in [0.15, 0.2) is 24.3 Å². The molecular formula is C18H26N2O4. The summed E-state index contributed by atoms with van der Waals surface area (Å²) in [5.74, 6) is -0.336. The molecular weight excluding hydrogens is 308 g/mol. The van der Waals surface area contributed by atoms with Crippen molar-refractivity contribution in [3.63, 3.8) is 0 Å². The van der Waals surface area contributed by atoms with Gasteiger partial charge in [0.1, 0.15) is 0 Å². The number of carbonyl (C=O) groups excluding carboxylic acids is 2. The minimum absolute atomic E-state index is 0.0276. The number of esters is 1. The maximum atomic E-state index is 12.3. The van der Waals surface area contributed by atoms with Gasteiger partial charge >= 0.3 is 12.0 Å². The zero-order chi connectivity index (χ0) is 17.5.